The van der Waals surface area contributed by atoms with E-state index in [1.807, 2.05) is 36.2 Å². The minimum absolute atomic E-state index is 0.00705. The van der Waals surface area contributed by atoms with Gasteiger partial charge in [0, 0.05) is 54.7 Å². The zero-order valence-electron chi connectivity index (χ0n) is 16.5. The molecule has 8 nitrogen and oxygen atoms in total. The van der Waals surface area contributed by atoms with Crippen molar-refractivity contribution in [3.63, 3.8) is 0 Å². The normalized spacial score (nSPS) is 21.3. The van der Waals surface area contributed by atoms with E-state index >= 15 is 0 Å². The van der Waals surface area contributed by atoms with E-state index in [2.05, 4.69) is 15.4 Å². The largest absolute Gasteiger partial charge is 0.475 e. The average molecular weight is 428 g/mol. The zero-order chi connectivity index (χ0) is 20.7. The summed E-state index contributed by atoms with van der Waals surface area (Å²) >= 11 is 6.37. The lowest BCUT2D eigenvalue weighted by molar-refractivity contribution is -0.137. The Morgan fingerprint density at radius 3 is 3.13 bits per heavy atom. The van der Waals surface area contributed by atoms with Gasteiger partial charge in [-0.2, -0.15) is 10.1 Å². The van der Waals surface area contributed by atoms with Crippen LogP contribution in [0.3, 0.4) is 0 Å². The fourth-order valence-electron chi connectivity index (χ4n) is 4.12. The number of carbonyl (C=O) groups is 1. The van der Waals surface area contributed by atoms with Gasteiger partial charge in [-0.3, -0.25) is 4.79 Å². The van der Waals surface area contributed by atoms with Crippen molar-refractivity contribution in [2.24, 2.45) is 0 Å². The Bertz CT molecular complexity index is 1100. The van der Waals surface area contributed by atoms with Crippen LogP contribution in [0, 0.1) is 0 Å². The Labute approximate surface area is 178 Å². The lowest BCUT2D eigenvalue weighted by Gasteiger charge is -2.25. The van der Waals surface area contributed by atoms with Crippen molar-refractivity contribution in [1.29, 1.82) is 0 Å². The molecule has 0 radical (unpaired) electrons. The minimum atomic E-state index is -0.422. The Morgan fingerprint density at radius 2 is 2.27 bits per heavy atom. The molecule has 1 aromatic carbocycles. The molecule has 30 heavy (non-hydrogen) atoms. The SMILES string of the molecule is CCO[C@@H]1C[C@H]2COc3ccn4ncc(c4n3)-c3cc(Cl)cc(c3)NCCN2C1=O. The highest BCUT2D eigenvalue weighted by atomic mass is 35.5. The van der Waals surface area contributed by atoms with E-state index in [9.17, 15) is 4.79 Å². The molecule has 0 spiro atoms. The van der Waals surface area contributed by atoms with Crippen molar-refractivity contribution in [2.45, 2.75) is 25.5 Å². The van der Waals surface area contributed by atoms with E-state index in [0.29, 0.717) is 49.3 Å². The molecule has 1 fully saturated rings. The van der Waals surface area contributed by atoms with Crippen LogP contribution >= 0.6 is 11.6 Å². The summed E-state index contributed by atoms with van der Waals surface area (Å²) in [7, 11) is 0. The van der Waals surface area contributed by atoms with E-state index < -0.39 is 6.10 Å². The van der Waals surface area contributed by atoms with Gasteiger partial charge in [0.15, 0.2) is 5.65 Å². The molecule has 5 rings (SSSR count). The van der Waals surface area contributed by atoms with Gasteiger partial charge in [0.1, 0.15) is 12.7 Å². The van der Waals surface area contributed by atoms with Gasteiger partial charge in [-0.25, -0.2) is 4.52 Å². The van der Waals surface area contributed by atoms with E-state index in [4.69, 9.17) is 21.1 Å². The summed E-state index contributed by atoms with van der Waals surface area (Å²) in [6.07, 6.45) is 3.78. The van der Waals surface area contributed by atoms with Crippen molar-refractivity contribution in [1.82, 2.24) is 19.5 Å². The Balaban J connectivity index is 1.55. The second-order valence-corrected chi connectivity index (χ2v) is 7.86. The van der Waals surface area contributed by atoms with Gasteiger partial charge in [-0.05, 0) is 30.7 Å². The van der Waals surface area contributed by atoms with Crippen LogP contribution in [0.1, 0.15) is 13.3 Å². The van der Waals surface area contributed by atoms with Crippen molar-refractivity contribution in [2.75, 3.05) is 31.6 Å². The highest BCUT2D eigenvalue weighted by Crippen LogP contribution is 2.31. The highest BCUT2D eigenvalue weighted by molar-refractivity contribution is 6.31. The van der Waals surface area contributed by atoms with Gasteiger partial charge >= 0.3 is 0 Å². The number of halogens is 1. The summed E-state index contributed by atoms with van der Waals surface area (Å²) < 4.78 is 13.4. The second-order valence-electron chi connectivity index (χ2n) is 7.42. The minimum Gasteiger partial charge on any atom is -0.475 e. The maximum Gasteiger partial charge on any atom is 0.252 e. The van der Waals surface area contributed by atoms with Crippen molar-refractivity contribution < 1.29 is 14.3 Å². The number of rotatable bonds is 2. The number of ether oxygens (including phenoxy) is 2. The third-order valence-electron chi connectivity index (χ3n) is 5.51. The molecule has 156 valence electrons. The van der Waals surface area contributed by atoms with Crippen LogP contribution < -0.4 is 10.1 Å². The number of nitrogens with zero attached hydrogens (tertiary/aromatic N) is 4. The molecule has 3 aromatic rings. The Hall–Kier alpha value is -2.84. The first-order valence-corrected chi connectivity index (χ1v) is 10.4. The predicted octanol–water partition coefficient (Wildman–Crippen LogP) is 2.86. The van der Waals surface area contributed by atoms with Crippen LogP contribution in [0.25, 0.3) is 16.8 Å². The number of aromatic nitrogens is 3. The Kier molecular flexibility index (Phi) is 4.96. The number of benzene rings is 1. The smallest absolute Gasteiger partial charge is 0.252 e. The van der Waals surface area contributed by atoms with Crippen LogP contribution in [0.5, 0.6) is 5.88 Å². The van der Waals surface area contributed by atoms with Crippen LogP contribution in [-0.2, 0) is 9.53 Å². The summed E-state index contributed by atoms with van der Waals surface area (Å²) in [5.74, 6) is 0.501. The highest BCUT2D eigenvalue weighted by Gasteiger charge is 2.40. The first-order chi connectivity index (χ1) is 14.6. The van der Waals surface area contributed by atoms with Gasteiger partial charge in [0.2, 0.25) is 5.88 Å². The molecule has 0 aliphatic carbocycles. The monoisotopic (exact) mass is 427 g/mol. The first kappa shape index (κ1) is 19.1. The van der Waals surface area contributed by atoms with E-state index in [1.165, 1.54) is 0 Å². The third kappa shape index (κ3) is 3.46. The maximum atomic E-state index is 12.8. The molecule has 1 N–H and O–H groups in total. The third-order valence-corrected chi connectivity index (χ3v) is 5.73. The summed E-state index contributed by atoms with van der Waals surface area (Å²) in [4.78, 5) is 19.3. The molecular formula is C21H22ClN5O3. The van der Waals surface area contributed by atoms with Gasteiger partial charge in [-0.1, -0.05) is 11.6 Å². The van der Waals surface area contributed by atoms with Crippen LogP contribution in [0.4, 0.5) is 5.69 Å². The molecule has 1 saturated heterocycles. The standard InChI is InChI=1S/C21H22ClN5O3/c1-2-29-18-10-16-12-30-19-3-5-27-20(25-19)17(11-24-27)13-7-14(22)9-15(8-13)23-4-6-26(16)21(18)28/h3,5,7-9,11,16,18,23H,2,4,6,10,12H2,1H3/t16-,18+/m0/s1. The van der Waals surface area contributed by atoms with Crippen molar-refractivity contribution in [3.05, 3.63) is 41.7 Å². The number of hydrogen-bond acceptors (Lipinski definition) is 6. The zero-order valence-corrected chi connectivity index (χ0v) is 17.3. The lowest BCUT2D eigenvalue weighted by Crippen LogP contribution is -2.41. The quantitative estimate of drug-likeness (QED) is 0.677. The van der Waals surface area contributed by atoms with Crippen molar-refractivity contribution in [3.8, 4) is 17.0 Å². The molecule has 4 heterocycles. The maximum absolute atomic E-state index is 12.8. The first-order valence-electron chi connectivity index (χ1n) is 10.1. The molecule has 2 atom stereocenters. The Morgan fingerprint density at radius 1 is 1.37 bits per heavy atom. The van der Waals surface area contributed by atoms with Crippen LogP contribution in [-0.4, -0.2) is 63.9 Å². The van der Waals surface area contributed by atoms with Gasteiger partial charge in [0.05, 0.1) is 12.2 Å². The molecule has 2 aromatic heterocycles. The molecule has 0 unspecified atom stereocenters. The number of nitrogens with one attached hydrogen (secondary N) is 1. The summed E-state index contributed by atoms with van der Waals surface area (Å²) in [5.41, 5.74) is 3.35. The van der Waals surface area contributed by atoms with E-state index in [0.717, 1.165) is 16.8 Å². The van der Waals surface area contributed by atoms with Crippen LogP contribution in [0.15, 0.2) is 36.7 Å². The van der Waals surface area contributed by atoms with Crippen LogP contribution in [0.2, 0.25) is 5.02 Å². The van der Waals surface area contributed by atoms with E-state index in [-0.39, 0.29) is 11.9 Å². The summed E-state index contributed by atoms with van der Waals surface area (Å²) in [6, 6.07) is 7.47. The van der Waals surface area contributed by atoms with E-state index in [1.54, 1.807) is 16.8 Å². The number of anilines is 1. The molecule has 1 amide bonds. The molecular weight excluding hydrogens is 406 g/mol. The second kappa shape index (κ2) is 7.77. The molecule has 0 saturated carbocycles. The lowest BCUT2D eigenvalue weighted by atomic mass is 10.1. The number of carbonyl (C=O) groups excluding carboxylic acids is 1. The summed E-state index contributed by atoms with van der Waals surface area (Å²) in [6.45, 7) is 3.90. The topological polar surface area (TPSA) is 81.0 Å². The number of hydrogen-bond donors (Lipinski definition) is 1. The molecule has 2 aliphatic heterocycles. The predicted molar refractivity (Wildman–Crippen MR) is 113 cm³/mol. The molecule has 4 bridgehead atoms. The van der Waals surface area contributed by atoms with Gasteiger partial charge < -0.3 is 19.7 Å². The molecule has 2 aliphatic rings. The van der Waals surface area contributed by atoms with Gasteiger partial charge in [-0.15, -0.1) is 0 Å². The summed E-state index contributed by atoms with van der Waals surface area (Å²) in [5, 5.41) is 8.39. The molecule has 9 heteroatoms. The van der Waals surface area contributed by atoms with Crippen molar-refractivity contribution >= 4 is 28.8 Å². The van der Waals surface area contributed by atoms with Gasteiger partial charge in [0.25, 0.3) is 5.91 Å². The average Bonchev–Trinajstić information content (AvgIpc) is 3.27. The number of fused-ring (bicyclic) bond motifs is 5. The fourth-order valence-corrected chi connectivity index (χ4v) is 4.35. The number of amides is 1. The fraction of sp³-hybridized carbons (Fsp3) is 0.381.